The molecule has 3 aromatic rings. The number of rotatable bonds is 5. The molecule has 0 saturated carbocycles. The Hall–Kier alpha value is -2.33. The van der Waals surface area contributed by atoms with Crippen LogP contribution >= 0.6 is 0 Å². The van der Waals surface area contributed by atoms with Crippen LogP contribution < -0.4 is 4.74 Å². The number of pyridine rings is 1. The van der Waals surface area contributed by atoms with Gasteiger partial charge in [0.25, 0.3) is 0 Å². The maximum Gasteiger partial charge on any atom is 0.137 e. The monoisotopic (exact) mass is 296 g/mol. The van der Waals surface area contributed by atoms with Crippen molar-refractivity contribution in [1.29, 1.82) is 0 Å². The fourth-order valence-corrected chi connectivity index (χ4v) is 2.79. The van der Waals surface area contributed by atoms with Crippen molar-refractivity contribution in [2.75, 3.05) is 14.2 Å². The molecule has 4 nitrogen and oxygen atoms in total. The lowest BCUT2D eigenvalue weighted by atomic mass is 10.0. The van der Waals surface area contributed by atoms with Gasteiger partial charge in [0.1, 0.15) is 17.5 Å². The molecule has 0 amide bonds. The van der Waals surface area contributed by atoms with Crippen LogP contribution in [-0.2, 0) is 11.2 Å². The number of methoxy groups -OCH3 is 2. The largest absolute Gasteiger partial charge is 0.497 e. The molecule has 1 unspecified atom stereocenters. The van der Waals surface area contributed by atoms with E-state index in [9.17, 15) is 0 Å². The molecule has 1 atom stereocenters. The van der Waals surface area contributed by atoms with E-state index < -0.39 is 0 Å². The number of benzene rings is 1. The van der Waals surface area contributed by atoms with Crippen LogP contribution in [0.3, 0.4) is 0 Å². The van der Waals surface area contributed by atoms with Crippen molar-refractivity contribution in [3.63, 3.8) is 0 Å². The lowest BCUT2D eigenvalue weighted by Gasteiger charge is -2.17. The Bertz CT molecular complexity index is 762. The summed E-state index contributed by atoms with van der Waals surface area (Å²) in [7, 11) is 3.40. The van der Waals surface area contributed by atoms with E-state index in [1.807, 2.05) is 48.7 Å². The second kappa shape index (κ2) is 6.20. The van der Waals surface area contributed by atoms with Crippen LogP contribution in [0.25, 0.3) is 5.65 Å². The standard InChI is InChI=1S/C18H20N2O2/c1-4-15-17(20-12-6-5-7-16(20)19-15)18(22-3)13-8-10-14(21-2)11-9-13/h5-12,18H,4H2,1-3H3. The summed E-state index contributed by atoms with van der Waals surface area (Å²) in [5, 5.41) is 0. The molecule has 0 spiro atoms. The van der Waals surface area contributed by atoms with Crippen LogP contribution in [0.15, 0.2) is 48.7 Å². The molecular formula is C18H20N2O2. The van der Waals surface area contributed by atoms with Crippen molar-refractivity contribution >= 4 is 5.65 Å². The summed E-state index contributed by atoms with van der Waals surface area (Å²) in [5.74, 6) is 0.840. The van der Waals surface area contributed by atoms with Gasteiger partial charge in [-0.2, -0.15) is 0 Å². The molecule has 0 saturated heterocycles. The van der Waals surface area contributed by atoms with Crippen LogP contribution in [0.4, 0.5) is 0 Å². The van der Waals surface area contributed by atoms with Crippen LogP contribution in [0.1, 0.15) is 30.0 Å². The highest BCUT2D eigenvalue weighted by Crippen LogP contribution is 2.30. The molecule has 0 bridgehead atoms. The summed E-state index contributed by atoms with van der Waals surface area (Å²) >= 11 is 0. The van der Waals surface area contributed by atoms with Gasteiger partial charge in [0.05, 0.1) is 18.5 Å². The number of aromatic nitrogens is 2. The number of hydrogen-bond acceptors (Lipinski definition) is 3. The van der Waals surface area contributed by atoms with Gasteiger partial charge >= 0.3 is 0 Å². The molecule has 114 valence electrons. The topological polar surface area (TPSA) is 35.8 Å². The predicted octanol–water partition coefficient (Wildman–Crippen LogP) is 3.64. The van der Waals surface area contributed by atoms with Crippen molar-refractivity contribution < 1.29 is 9.47 Å². The fraction of sp³-hybridized carbons (Fsp3) is 0.278. The molecule has 1 aromatic carbocycles. The third-order valence-electron chi connectivity index (χ3n) is 3.88. The molecule has 0 fully saturated rings. The van der Waals surface area contributed by atoms with Gasteiger partial charge in [-0.1, -0.05) is 25.1 Å². The lowest BCUT2D eigenvalue weighted by molar-refractivity contribution is 0.131. The van der Waals surface area contributed by atoms with Crippen LogP contribution in [0, 0.1) is 0 Å². The molecule has 22 heavy (non-hydrogen) atoms. The van der Waals surface area contributed by atoms with Crippen LogP contribution in [0.5, 0.6) is 5.75 Å². The van der Waals surface area contributed by atoms with Gasteiger partial charge in [-0.05, 0) is 36.2 Å². The van der Waals surface area contributed by atoms with Gasteiger partial charge < -0.3 is 13.9 Å². The van der Waals surface area contributed by atoms with E-state index in [1.54, 1.807) is 14.2 Å². The summed E-state index contributed by atoms with van der Waals surface area (Å²) in [6, 6.07) is 14.0. The SMILES string of the molecule is CCc1nc2ccccn2c1C(OC)c1ccc(OC)cc1. The minimum Gasteiger partial charge on any atom is -0.497 e. The second-order valence-corrected chi connectivity index (χ2v) is 5.12. The van der Waals surface area contributed by atoms with Crippen molar-refractivity contribution in [3.05, 3.63) is 65.6 Å². The first kappa shape index (κ1) is 14.6. The molecular weight excluding hydrogens is 276 g/mol. The van der Waals surface area contributed by atoms with Gasteiger partial charge in [0.2, 0.25) is 0 Å². The zero-order valence-electron chi connectivity index (χ0n) is 13.1. The van der Waals surface area contributed by atoms with Gasteiger partial charge in [0.15, 0.2) is 0 Å². The first-order chi connectivity index (χ1) is 10.8. The minimum absolute atomic E-state index is 0.154. The summed E-state index contributed by atoms with van der Waals surface area (Å²) in [6.07, 6.45) is 2.75. The van der Waals surface area contributed by atoms with E-state index >= 15 is 0 Å². The van der Waals surface area contributed by atoms with Crippen molar-refractivity contribution in [2.24, 2.45) is 0 Å². The number of fused-ring (bicyclic) bond motifs is 1. The summed E-state index contributed by atoms with van der Waals surface area (Å²) in [4.78, 5) is 4.72. The molecule has 0 N–H and O–H groups in total. The molecule has 0 radical (unpaired) electrons. The molecule has 4 heteroatoms. The van der Waals surface area contributed by atoms with E-state index in [2.05, 4.69) is 11.3 Å². The number of hydrogen-bond donors (Lipinski definition) is 0. The van der Waals surface area contributed by atoms with Crippen LogP contribution in [-0.4, -0.2) is 23.6 Å². The third kappa shape index (κ3) is 2.46. The van der Waals surface area contributed by atoms with Gasteiger partial charge in [-0.25, -0.2) is 4.98 Å². The Balaban J connectivity index is 2.13. The molecule has 0 aliphatic heterocycles. The maximum absolute atomic E-state index is 5.80. The zero-order chi connectivity index (χ0) is 15.5. The summed E-state index contributed by atoms with van der Waals surface area (Å²) in [5.41, 5.74) is 4.19. The Labute approximate surface area is 130 Å². The average Bonchev–Trinajstić information content (AvgIpc) is 2.95. The first-order valence-corrected chi connectivity index (χ1v) is 7.41. The average molecular weight is 296 g/mol. The molecule has 0 aliphatic rings. The van der Waals surface area contributed by atoms with Crippen LogP contribution in [0.2, 0.25) is 0 Å². The Morgan fingerprint density at radius 3 is 2.50 bits per heavy atom. The van der Waals surface area contributed by atoms with E-state index in [0.717, 1.165) is 34.8 Å². The van der Waals surface area contributed by atoms with E-state index in [1.165, 1.54) is 0 Å². The minimum atomic E-state index is -0.154. The lowest BCUT2D eigenvalue weighted by Crippen LogP contribution is -2.09. The number of ether oxygens (including phenoxy) is 2. The number of aryl methyl sites for hydroxylation is 1. The molecule has 2 heterocycles. The quantitative estimate of drug-likeness (QED) is 0.721. The van der Waals surface area contributed by atoms with Crippen molar-refractivity contribution in [3.8, 4) is 5.75 Å². The number of nitrogens with zero attached hydrogens (tertiary/aromatic N) is 2. The highest BCUT2D eigenvalue weighted by Gasteiger charge is 2.22. The van der Waals surface area contributed by atoms with E-state index in [-0.39, 0.29) is 6.10 Å². The highest BCUT2D eigenvalue weighted by molar-refractivity contribution is 5.46. The van der Waals surface area contributed by atoms with E-state index in [4.69, 9.17) is 14.5 Å². The Morgan fingerprint density at radius 2 is 1.86 bits per heavy atom. The maximum atomic E-state index is 5.80. The third-order valence-corrected chi connectivity index (χ3v) is 3.88. The van der Waals surface area contributed by atoms with Crippen molar-refractivity contribution in [1.82, 2.24) is 9.38 Å². The summed E-state index contributed by atoms with van der Waals surface area (Å²) < 4.78 is 13.1. The highest BCUT2D eigenvalue weighted by atomic mass is 16.5. The smallest absolute Gasteiger partial charge is 0.137 e. The molecule has 0 aliphatic carbocycles. The fourth-order valence-electron chi connectivity index (χ4n) is 2.79. The predicted molar refractivity (Wildman–Crippen MR) is 86.4 cm³/mol. The zero-order valence-corrected chi connectivity index (χ0v) is 13.1. The van der Waals surface area contributed by atoms with Gasteiger partial charge in [0, 0.05) is 13.3 Å². The molecule has 3 rings (SSSR count). The van der Waals surface area contributed by atoms with Crippen molar-refractivity contribution in [2.45, 2.75) is 19.4 Å². The number of imidazole rings is 1. The van der Waals surface area contributed by atoms with Gasteiger partial charge in [-0.3, -0.25) is 0 Å². The second-order valence-electron chi connectivity index (χ2n) is 5.12. The Morgan fingerprint density at radius 1 is 1.09 bits per heavy atom. The Kier molecular flexibility index (Phi) is 4.11. The van der Waals surface area contributed by atoms with E-state index in [0.29, 0.717) is 0 Å². The molecule has 2 aromatic heterocycles. The normalized spacial score (nSPS) is 12.5. The first-order valence-electron chi connectivity index (χ1n) is 7.41. The summed E-state index contributed by atoms with van der Waals surface area (Å²) in [6.45, 7) is 2.12. The van der Waals surface area contributed by atoms with Gasteiger partial charge in [-0.15, -0.1) is 0 Å².